The van der Waals surface area contributed by atoms with E-state index >= 15 is 0 Å². The Hall–Kier alpha value is -1.81. The predicted molar refractivity (Wildman–Crippen MR) is 87.0 cm³/mol. The van der Waals surface area contributed by atoms with Crippen molar-refractivity contribution in [1.82, 2.24) is 10.6 Å². The molecule has 21 heavy (non-hydrogen) atoms. The number of urea groups is 1. The van der Waals surface area contributed by atoms with Crippen molar-refractivity contribution >= 4 is 11.6 Å². The summed E-state index contributed by atoms with van der Waals surface area (Å²) in [7, 11) is 0. The second kappa shape index (κ2) is 7.27. The molecule has 0 saturated heterocycles. The summed E-state index contributed by atoms with van der Waals surface area (Å²) < 4.78 is 0. The van der Waals surface area contributed by atoms with Crippen molar-refractivity contribution < 1.29 is 9.90 Å². The molecule has 0 bridgehead atoms. The number of benzene rings is 1. The van der Waals surface area contributed by atoms with E-state index in [1.165, 1.54) is 0 Å². The van der Waals surface area contributed by atoms with Gasteiger partial charge < -0.3 is 15.7 Å². The van der Waals surface area contributed by atoms with E-state index in [0.29, 0.717) is 6.42 Å². The van der Waals surface area contributed by atoms with E-state index in [-0.39, 0.29) is 18.7 Å². The van der Waals surface area contributed by atoms with Crippen LogP contribution >= 0.6 is 0 Å². The lowest BCUT2D eigenvalue weighted by atomic mass is 9.92. The molecular weight excluding hydrogens is 264 g/mol. The lowest BCUT2D eigenvalue weighted by Gasteiger charge is -2.28. The van der Waals surface area contributed by atoms with Crippen LogP contribution in [0.3, 0.4) is 0 Å². The summed E-state index contributed by atoms with van der Waals surface area (Å²) in [6.45, 7) is 11.7. The molecule has 116 valence electrons. The van der Waals surface area contributed by atoms with Crippen molar-refractivity contribution in [3.63, 3.8) is 0 Å². The fraction of sp³-hybridized carbons (Fsp3) is 0.471. The Morgan fingerprint density at radius 1 is 1.43 bits per heavy atom. The average molecular weight is 290 g/mol. The van der Waals surface area contributed by atoms with E-state index in [4.69, 9.17) is 5.11 Å². The number of aliphatic hydroxyl groups is 1. The summed E-state index contributed by atoms with van der Waals surface area (Å²) in [5.41, 5.74) is 2.55. The molecule has 0 radical (unpaired) electrons. The topological polar surface area (TPSA) is 61.4 Å². The largest absolute Gasteiger partial charge is 0.394 e. The molecule has 0 fully saturated rings. The molecule has 0 aliphatic rings. The van der Waals surface area contributed by atoms with Crippen molar-refractivity contribution in [1.29, 1.82) is 0 Å². The van der Waals surface area contributed by atoms with Crippen molar-refractivity contribution in [2.75, 3.05) is 6.61 Å². The molecule has 0 aromatic heterocycles. The number of aliphatic hydroxyl groups excluding tert-OH is 1. The van der Waals surface area contributed by atoms with E-state index in [0.717, 1.165) is 16.7 Å². The molecule has 1 aromatic carbocycles. The highest BCUT2D eigenvalue weighted by molar-refractivity contribution is 5.75. The van der Waals surface area contributed by atoms with Gasteiger partial charge in [0, 0.05) is 0 Å². The third-order valence-corrected chi connectivity index (χ3v) is 3.55. The van der Waals surface area contributed by atoms with Crippen molar-refractivity contribution in [2.24, 2.45) is 0 Å². The third kappa shape index (κ3) is 4.90. The highest BCUT2D eigenvalue weighted by Gasteiger charge is 2.24. The maximum atomic E-state index is 12.0. The molecule has 0 spiro atoms. The fourth-order valence-corrected chi connectivity index (χ4v) is 2.03. The quantitative estimate of drug-likeness (QED) is 0.754. The van der Waals surface area contributed by atoms with Gasteiger partial charge in [0.05, 0.1) is 18.2 Å². The number of rotatable bonds is 6. The van der Waals surface area contributed by atoms with Gasteiger partial charge in [-0.15, -0.1) is 0 Å². The van der Waals surface area contributed by atoms with Gasteiger partial charge >= 0.3 is 6.03 Å². The summed E-state index contributed by atoms with van der Waals surface area (Å²) in [5, 5.41) is 14.8. The number of amides is 2. The molecule has 1 aromatic rings. The Balaban J connectivity index is 2.83. The van der Waals surface area contributed by atoms with Crippen LogP contribution in [0.1, 0.15) is 45.2 Å². The molecule has 3 N–H and O–H groups in total. The van der Waals surface area contributed by atoms with Crippen LogP contribution in [0.25, 0.3) is 5.57 Å². The minimum Gasteiger partial charge on any atom is -0.394 e. The molecule has 0 aliphatic heterocycles. The first-order chi connectivity index (χ1) is 9.80. The zero-order chi connectivity index (χ0) is 16.0. The zero-order valence-corrected chi connectivity index (χ0v) is 13.4. The van der Waals surface area contributed by atoms with E-state index in [1.807, 2.05) is 52.0 Å². The standard InChI is InChI=1S/C17H26N2O2/c1-6-15(11-20)18-16(21)19-17(4,5)14-9-7-8-13(10-14)12(2)3/h7-10,15,20H,2,6,11H2,1,3-5H3,(H2,18,19,21)/t15-/m0/s1. The van der Waals surface area contributed by atoms with Crippen molar-refractivity contribution in [3.8, 4) is 0 Å². The van der Waals surface area contributed by atoms with Crippen LogP contribution in [-0.2, 0) is 5.54 Å². The fourth-order valence-electron chi connectivity index (χ4n) is 2.03. The maximum absolute atomic E-state index is 12.0. The van der Waals surface area contributed by atoms with E-state index in [2.05, 4.69) is 17.2 Å². The molecule has 0 aliphatic carbocycles. The van der Waals surface area contributed by atoms with Crippen molar-refractivity contribution in [2.45, 2.75) is 45.7 Å². The van der Waals surface area contributed by atoms with Crippen LogP contribution in [0, 0.1) is 0 Å². The molecule has 0 heterocycles. The lowest BCUT2D eigenvalue weighted by Crippen LogP contribution is -2.50. The van der Waals surface area contributed by atoms with E-state index in [9.17, 15) is 4.79 Å². The molecule has 0 unspecified atom stereocenters. The Kier molecular flexibility index (Phi) is 5.97. The van der Waals surface area contributed by atoms with Gasteiger partial charge in [-0.25, -0.2) is 4.79 Å². The van der Waals surface area contributed by atoms with Gasteiger partial charge in [-0.1, -0.05) is 37.3 Å². The highest BCUT2D eigenvalue weighted by atomic mass is 16.3. The van der Waals surface area contributed by atoms with Gasteiger partial charge in [-0.3, -0.25) is 0 Å². The predicted octanol–water partition coefficient (Wildman–Crippen LogP) is 3.02. The Bertz CT molecular complexity index is 505. The molecule has 0 saturated carbocycles. The molecule has 4 nitrogen and oxygen atoms in total. The summed E-state index contributed by atoms with van der Waals surface area (Å²) in [4.78, 5) is 12.0. The first-order valence-corrected chi connectivity index (χ1v) is 7.26. The van der Waals surface area contributed by atoms with Crippen LogP contribution in [-0.4, -0.2) is 23.8 Å². The van der Waals surface area contributed by atoms with E-state index < -0.39 is 5.54 Å². The van der Waals surface area contributed by atoms with Crippen LogP contribution in [0.15, 0.2) is 30.8 Å². The SMILES string of the molecule is C=C(C)c1cccc(C(C)(C)NC(=O)N[C@@H](CC)CO)c1. The first kappa shape index (κ1) is 17.2. The summed E-state index contributed by atoms with van der Waals surface area (Å²) in [6.07, 6.45) is 0.690. The Morgan fingerprint density at radius 3 is 2.62 bits per heavy atom. The summed E-state index contributed by atoms with van der Waals surface area (Å²) in [6, 6.07) is 7.48. The third-order valence-electron chi connectivity index (χ3n) is 3.55. The first-order valence-electron chi connectivity index (χ1n) is 7.26. The normalized spacial score (nSPS) is 12.6. The number of carbonyl (C=O) groups is 1. The van der Waals surface area contributed by atoms with Crippen LogP contribution in [0.5, 0.6) is 0 Å². The number of allylic oxidation sites excluding steroid dienone is 1. The minimum atomic E-state index is -0.511. The zero-order valence-electron chi connectivity index (χ0n) is 13.4. The van der Waals surface area contributed by atoms with Gasteiger partial charge in [-0.2, -0.15) is 0 Å². The van der Waals surface area contributed by atoms with Gasteiger partial charge in [0.2, 0.25) is 0 Å². The van der Waals surface area contributed by atoms with Crippen LogP contribution in [0.4, 0.5) is 4.79 Å². The van der Waals surface area contributed by atoms with E-state index in [1.54, 1.807) is 0 Å². The van der Waals surface area contributed by atoms with Crippen LogP contribution < -0.4 is 10.6 Å². The molecule has 1 atom stereocenters. The summed E-state index contributed by atoms with van der Waals surface area (Å²) in [5.74, 6) is 0. The average Bonchev–Trinajstić information content (AvgIpc) is 2.44. The Morgan fingerprint density at radius 2 is 2.10 bits per heavy atom. The number of hydrogen-bond donors (Lipinski definition) is 3. The monoisotopic (exact) mass is 290 g/mol. The molecular formula is C17H26N2O2. The number of carbonyl (C=O) groups excluding carboxylic acids is 1. The minimum absolute atomic E-state index is 0.0600. The van der Waals surface area contributed by atoms with Gasteiger partial charge in [-0.05, 0) is 44.4 Å². The molecule has 4 heteroatoms. The van der Waals surface area contributed by atoms with Gasteiger partial charge in [0.1, 0.15) is 0 Å². The number of nitrogens with one attached hydrogen (secondary N) is 2. The second-order valence-corrected chi connectivity index (χ2v) is 5.87. The van der Waals surface area contributed by atoms with Crippen molar-refractivity contribution in [3.05, 3.63) is 42.0 Å². The molecule has 2 amide bonds. The maximum Gasteiger partial charge on any atom is 0.315 e. The van der Waals surface area contributed by atoms with Gasteiger partial charge in [0.25, 0.3) is 0 Å². The second-order valence-electron chi connectivity index (χ2n) is 5.87. The Labute approximate surface area is 127 Å². The summed E-state index contributed by atoms with van der Waals surface area (Å²) >= 11 is 0. The molecule has 1 rings (SSSR count). The lowest BCUT2D eigenvalue weighted by molar-refractivity contribution is 0.207. The highest BCUT2D eigenvalue weighted by Crippen LogP contribution is 2.23. The van der Waals surface area contributed by atoms with Gasteiger partial charge in [0.15, 0.2) is 0 Å². The smallest absolute Gasteiger partial charge is 0.315 e. The van der Waals surface area contributed by atoms with Crippen LogP contribution in [0.2, 0.25) is 0 Å². The number of hydrogen-bond acceptors (Lipinski definition) is 2.